The van der Waals surface area contributed by atoms with Gasteiger partial charge in [-0.2, -0.15) is 0 Å². The number of hydrogen-bond acceptors (Lipinski definition) is 4. The number of rotatable bonds is 6. The zero-order chi connectivity index (χ0) is 23.4. The maximum Gasteiger partial charge on any atom is 0.261 e. The summed E-state index contributed by atoms with van der Waals surface area (Å²) in [5.74, 6) is 0.491. The Kier molecular flexibility index (Phi) is 6.87. The first-order chi connectivity index (χ1) is 16.0. The van der Waals surface area contributed by atoms with E-state index in [9.17, 15) is 14.4 Å². The number of benzene rings is 2. The van der Waals surface area contributed by atoms with E-state index in [0.29, 0.717) is 41.9 Å². The van der Waals surface area contributed by atoms with E-state index in [1.54, 1.807) is 19.1 Å². The third-order valence-electron chi connectivity index (χ3n) is 6.34. The fourth-order valence-corrected chi connectivity index (χ4v) is 4.59. The van der Waals surface area contributed by atoms with E-state index in [1.807, 2.05) is 59.2 Å². The largest absolute Gasteiger partial charge is 0.338 e. The summed E-state index contributed by atoms with van der Waals surface area (Å²) in [6.07, 6.45) is 2.29. The van der Waals surface area contributed by atoms with Crippen LogP contribution >= 0.6 is 0 Å². The maximum atomic E-state index is 13.3. The number of carbonyl (C=O) groups is 2. The number of carbonyl (C=O) groups excluding carboxylic acids is 2. The van der Waals surface area contributed by atoms with Gasteiger partial charge in [-0.3, -0.25) is 19.0 Å². The number of nitrogens with zero attached hydrogens (tertiary/aromatic N) is 4. The van der Waals surface area contributed by atoms with E-state index in [0.717, 1.165) is 19.3 Å². The topological polar surface area (TPSA) is 75.5 Å². The highest BCUT2D eigenvalue weighted by Crippen LogP contribution is 2.20. The molecule has 0 radical (unpaired) electrons. The Morgan fingerprint density at radius 3 is 2.39 bits per heavy atom. The molecule has 1 fully saturated rings. The molecule has 4 rings (SSSR count). The van der Waals surface area contributed by atoms with Crippen LogP contribution in [0.4, 0.5) is 0 Å². The molecule has 0 N–H and O–H groups in total. The molecule has 3 aromatic rings. The molecule has 2 heterocycles. The Balaban J connectivity index is 1.47. The average Bonchev–Trinajstić information content (AvgIpc) is 2.85. The van der Waals surface area contributed by atoms with E-state index < -0.39 is 0 Å². The summed E-state index contributed by atoms with van der Waals surface area (Å²) in [5.41, 5.74) is 1.15. The first kappa shape index (κ1) is 22.7. The standard InChI is InChI=1S/C26H30N4O3/c1-3-15-29(21-13-16-28(17-14-21)25(32)20-9-5-4-6-10-20)24(31)18-30-19(2)27-23-12-8-7-11-22(23)26(30)33/h4-12,21H,3,13-18H2,1-2H3. The fourth-order valence-electron chi connectivity index (χ4n) is 4.59. The van der Waals surface area contributed by atoms with Crippen LogP contribution in [0.2, 0.25) is 0 Å². The van der Waals surface area contributed by atoms with Crippen molar-refractivity contribution >= 4 is 22.7 Å². The quantitative estimate of drug-likeness (QED) is 0.583. The second kappa shape index (κ2) is 9.98. The van der Waals surface area contributed by atoms with Gasteiger partial charge in [-0.25, -0.2) is 4.98 Å². The van der Waals surface area contributed by atoms with Crippen LogP contribution in [0.1, 0.15) is 42.4 Å². The van der Waals surface area contributed by atoms with Gasteiger partial charge in [-0.15, -0.1) is 0 Å². The lowest BCUT2D eigenvalue weighted by Gasteiger charge is -2.38. The number of fused-ring (bicyclic) bond motifs is 1. The highest BCUT2D eigenvalue weighted by atomic mass is 16.2. The maximum absolute atomic E-state index is 13.3. The van der Waals surface area contributed by atoms with Crippen molar-refractivity contribution in [3.8, 4) is 0 Å². The van der Waals surface area contributed by atoms with E-state index in [2.05, 4.69) is 4.98 Å². The smallest absolute Gasteiger partial charge is 0.261 e. The van der Waals surface area contributed by atoms with Crippen molar-refractivity contribution in [2.75, 3.05) is 19.6 Å². The first-order valence-electron chi connectivity index (χ1n) is 11.6. The number of para-hydroxylation sites is 1. The van der Waals surface area contributed by atoms with Crippen molar-refractivity contribution in [3.63, 3.8) is 0 Å². The molecule has 0 spiro atoms. The predicted octanol–water partition coefficient (Wildman–Crippen LogP) is 3.25. The van der Waals surface area contributed by atoms with Crippen LogP contribution < -0.4 is 5.56 Å². The van der Waals surface area contributed by atoms with E-state index in [1.165, 1.54) is 4.57 Å². The van der Waals surface area contributed by atoms with Crippen LogP contribution in [0.15, 0.2) is 59.4 Å². The normalized spacial score (nSPS) is 14.4. The minimum Gasteiger partial charge on any atom is -0.338 e. The van der Waals surface area contributed by atoms with Gasteiger partial charge in [0.25, 0.3) is 11.5 Å². The third-order valence-corrected chi connectivity index (χ3v) is 6.34. The lowest BCUT2D eigenvalue weighted by atomic mass is 10.0. The second-order valence-electron chi connectivity index (χ2n) is 8.54. The Morgan fingerprint density at radius 1 is 1.03 bits per heavy atom. The minimum absolute atomic E-state index is 0.0222. The van der Waals surface area contributed by atoms with Crippen LogP contribution in [0.25, 0.3) is 10.9 Å². The predicted molar refractivity (Wildman–Crippen MR) is 128 cm³/mol. The number of amides is 2. The molecule has 1 aliphatic rings. The summed E-state index contributed by atoms with van der Waals surface area (Å²) < 4.78 is 1.47. The summed E-state index contributed by atoms with van der Waals surface area (Å²) in [5, 5.41) is 0.519. The molecule has 0 aliphatic carbocycles. The zero-order valence-electron chi connectivity index (χ0n) is 19.2. The Bertz CT molecular complexity index is 1200. The van der Waals surface area contributed by atoms with Crippen LogP contribution in [0.3, 0.4) is 0 Å². The Labute approximate surface area is 193 Å². The van der Waals surface area contributed by atoms with Crippen molar-refractivity contribution < 1.29 is 9.59 Å². The molecule has 7 heteroatoms. The molecule has 1 saturated heterocycles. The molecule has 2 aromatic carbocycles. The van der Waals surface area contributed by atoms with E-state index >= 15 is 0 Å². The van der Waals surface area contributed by atoms with Gasteiger partial charge < -0.3 is 9.80 Å². The molecule has 0 bridgehead atoms. The van der Waals surface area contributed by atoms with Crippen LogP contribution in [0, 0.1) is 6.92 Å². The van der Waals surface area contributed by atoms with Gasteiger partial charge >= 0.3 is 0 Å². The number of aromatic nitrogens is 2. The molecule has 0 unspecified atom stereocenters. The molecule has 1 aliphatic heterocycles. The molecule has 2 amide bonds. The number of likely N-dealkylation sites (tertiary alicyclic amines) is 1. The third kappa shape index (κ3) is 4.82. The summed E-state index contributed by atoms with van der Waals surface area (Å²) in [6, 6.07) is 16.6. The molecular formula is C26H30N4O3. The monoisotopic (exact) mass is 446 g/mol. The zero-order valence-corrected chi connectivity index (χ0v) is 19.2. The molecule has 0 saturated carbocycles. The van der Waals surface area contributed by atoms with Gasteiger partial charge in [0.2, 0.25) is 5.91 Å². The average molecular weight is 447 g/mol. The highest BCUT2D eigenvalue weighted by molar-refractivity contribution is 5.94. The number of hydrogen-bond donors (Lipinski definition) is 0. The van der Waals surface area contributed by atoms with Crippen LogP contribution in [-0.2, 0) is 11.3 Å². The van der Waals surface area contributed by atoms with Gasteiger partial charge in [0.15, 0.2) is 0 Å². The summed E-state index contributed by atoms with van der Waals surface area (Å²) in [4.78, 5) is 47.4. The summed E-state index contributed by atoms with van der Waals surface area (Å²) >= 11 is 0. The van der Waals surface area contributed by atoms with Gasteiger partial charge in [0.1, 0.15) is 12.4 Å². The summed E-state index contributed by atoms with van der Waals surface area (Å²) in [6.45, 7) is 5.64. The van der Waals surface area contributed by atoms with Gasteiger partial charge in [0.05, 0.1) is 10.9 Å². The fraction of sp³-hybridized carbons (Fsp3) is 0.385. The molecule has 0 atom stereocenters. The van der Waals surface area contributed by atoms with Gasteiger partial charge in [0, 0.05) is 31.2 Å². The summed E-state index contributed by atoms with van der Waals surface area (Å²) in [7, 11) is 0. The number of aryl methyl sites for hydroxylation is 1. The SMILES string of the molecule is CCCN(C(=O)Cn1c(C)nc2ccccc2c1=O)C1CCN(C(=O)c2ccccc2)CC1. The van der Waals surface area contributed by atoms with E-state index in [4.69, 9.17) is 0 Å². The van der Waals surface area contributed by atoms with Crippen molar-refractivity contribution in [1.29, 1.82) is 0 Å². The number of piperidine rings is 1. The Hall–Kier alpha value is -3.48. The van der Waals surface area contributed by atoms with Crippen molar-refractivity contribution in [2.45, 2.75) is 45.7 Å². The lowest BCUT2D eigenvalue weighted by Crippen LogP contribution is -2.50. The highest BCUT2D eigenvalue weighted by Gasteiger charge is 2.30. The van der Waals surface area contributed by atoms with Gasteiger partial charge in [-0.05, 0) is 50.5 Å². The first-order valence-corrected chi connectivity index (χ1v) is 11.6. The second-order valence-corrected chi connectivity index (χ2v) is 8.54. The molecule has 1 aromatic heterocycles. The minimum atomic E-state index is -0.189. The van der Waals surface area contributed by atoms with Crippen molar-refractivity contribution in [3.05, 3.63) is 76.3 Å². The Morgan fingerprint density at radius 2 is 1.70 bits per heavy atom. The molecule has 7 nitrogen and oxygen atoms in total. The van der Waals surface area contributed by atoms with Crippen LogP contribution in [-0.4, -0.2) is 56.8 Å². The lowest BCUT2D eigenvalue weighted by molar-refractivity contribution is -0.135. The molecule has 172 valence electrons. The van der Waals surface area contributed by atoms with Crippen molar-refractivity contribution in [1.82, 2.24) is 19.4 Å². The molecule has 33 heavy (non-hydrogen) atoms. The van der Waals surface area contributed by atoms with Crippen LogP contribution in [0.5, 0.6) is 0 Å². The molecular weight excluding hydrogens is 416 g/mol. The van der Waals surface area contributed by atoms with Crippen molar-refractivity contribution in [2.24, 2.45) is 0 Å². The van der Waals surface area contributed by atoms with E-state index in [-0.39, 0.29) is 30.0 Å². The van der Waals surface area contributed by atoms with Gasteiger partial charge in [-0.1, -0.05) is 37.3 Å².